The van der Waals surface area contributed by atoms with E-state index in [0.717, 1.165) is 12.1 Å². The van der Waals surface area contributed by atoms with Gasteiger partial charge in [0, 0.05) is 11.1 Å². The third-order valence-corrected chi connectivity index (χ3v) is 4.28. The molecule has 1 atom stereocenters. The van der Waals surface area contributed by atoms with Gasteiger partial charge in [0.25, 0.3) is 0 Å². The topological polar surface area (TPSA) is 84.1 Å². The summed E-state index contributed by atoms with van der Waals surface area (Å²) in [5, 5.41) is 13.7. The molecule has 3 rings (SSSR count). The van der Waals surface area contributed by atoms with Crippen molar-refractivity contribution in [3.8, 4) is 5.75 Å². The van der Waals surface area contributed by atoms with E-state index >= 15 is 0 Å². The third kappa shape index (κ3) is 3.89. The fraction of sp³-hybridized carbons (Fsp3) is 0.263. The Morgan fingerprint density at radius 2 is 1.78 bits per heavy atom. The molecule has 5 nitrogen and oxygen atoms in total. The molecule has 0 bridgehead atoms. The minimum atomic E-state index is -4.48. The first-order valence-corrected chi connectivity index (χ1v) is 8.27. The number of nitrogen functional groups attached to an aromatic ring is 1. The highest BCUT2D eigenvalue weighted by atomic mass is 19.4. The molecule has 0 aliphatic rings. The van der Waals surface area contributed by atoms with Gasteiger partial charge in [0.05, 0.1) is 17.1 Å². The molecule has 0 saturated heterocycles. The lowest BCUT2D eigenvalue weighted by atomic mass is 10.0. The van der Waals surface area contributed by atoms with Crippen LogP contribution < -0.4 is 11.1 Å². The van der Waals surface area contributed by atoms with Crippen molar-refractivity contribution in [3.05, 3.63) is 52.8 Å². The molecule has 0 fully saturated rings. The maximum atomic E-state index is 13.1. The van der Waals surface area contributed by atoms with Crippen LogP contribution in [0.1, 0.15) is 35.5 Å². The molecule has 1 heterocycles. The van der Waals surface area contributed by atoms with Gasteiger partial charge in [-0.15, -0.1) is 0 Å². The van der Waals surface area contributed by atoms with Gasteiger partial charge >= 0.3 is 6.18 Å². The van der Waals surface area contributed by atoms with E-state index in [0.29, 0.717) is 33.7 Å². The summed E-state index contributed by atoms with van der Waals surface area (Å²) >= 11 is 0. The summed E-state index contributed by atoms with van der Waals surface area (Å²) in [5.74, 6) is 1.02. The molecule has 0 aliphatic carbocycles. The highest BCUT2D eigenvalue weighted by molar-refractivity contribution is 5.91. The highest BCUT2D eigenvalue weighted by Crippen LogP contribution is 2.34. The van der Waals surface area contributed by atoms with Crippen LogP contribution in [0.5, 0.6) is 5.75 Å². The molecule has 0 aliphatic heterocycles. The average molecular weight is 376 g/mol. The zero-order chi connectivity index (χ0) is 19.9. The minimum Gasteiger partial charge on any atom is -0.508 e. The number of benzene rings is 2. The Balaban J connectivity index is 2.03. The summed E-state index contributed by atoms with van der Waals surface area (Å²) in [7, 11) is 0. The number of nitrogens with two attached hydrogens (primary N) is 1. The molecule has 27 heavy (non-hydrogen) atoms. The van der Waals surface area contributed by atoms with Crippen LogP contribution in [0.3, 0.4) is 0 Å². The van der Waals surface area contributed by atoms with Crippen LogP contribution in [0.2, 0.25) is 0 Å². The number of nitrogens with one attached hydrogen (secondary N) is 1. The predicted molar refractivity (Wildman–Crippen MR) is 98.6 cm³/mol. The lowest BCUT2D eigenvalue weighted by Gasteiger charge is -2.19. The van der Waals surface area contributed by atoms with Gasteiger partial charge in [0.15, 0.2) is 0 Å². The summed E-state index contributed by atoms with van der Waals surface area (Å²) in [4.78, 5) is 8.69. The quantitative estimate of drug-likeness (QED) is 0.576. The van der Waals surface area contributed by atoms with E-state index in [1.54, 1.807) is 32.9 Å². The molecule has 142 valence electrons. The van der Waals surface area contributed by atoms with Gasteiger partial charge in [-0.05, 0) is 62.2 Å². The SMILES string of the molecule is Cc1nc(N[C@H](C)c2cc(N)cc(C(F)(F)F)c2)c2cc(O)c(C)cc2n1. The molecule has 2 aromatic carbocycles. The smallest absolute Gasteiger partial charge is 0.416 e. The number of phenolic OH excluding ortho intramolecular Hbond substituents is 1. The zero-order valence-electron chi connectivity index (χ0n) is 15.0. The maximum Gasteiger partial charge on any atom is 0.416 e. The number of rotatable bonds is 3. The molecule has 0 unspecified atom stereocenters. The number of aryl methyl sites for hydroxylation is 2. The van der Waals surface area contributed by atoms with Crippen molar-refractivity contribution in [2.45, 2.75) is 33.0 Å². The van der Waals surface area contributed by atoms with Gasteiger partial charge < -0.3 is 16.2 Å². The Morgan fingerprint density at radius 1 is 1.07 bits per heavy atom. The number of phenols is 1. The Bertz CT molecular complexity index is 1020. The fourth-order valence-corrected chi connectivity index (χ4v) is 2.87. The predicted octanol–water partition coefficient (Wildman–Crippen LogP) is 4.73. The molecule has 0 amide bonds. The van der Waals surface area contributed by atoms with Crippen molar-refractivity contribution in [2.24, 2.45) is 0 Å². The van der Waals surface area contributed by atoms with Gasteiger partial charge in [-0.2, -0.15) is 13.2 Å². The molecule has 1 aromatic heterocycles. The van der Waals surface area contributed by atoms with Gasteiger partial charge in [-0.25, -0.2) is 9.97 Å². The second-order valence-corrected chi connectivity index (χ2v) is 6.53. The molecule has 0 radical (unpaired) electrons. The number of nitrogens with zero attached hydrogens (tertiary/aromatic N) is 2. The summed E-state index contributed by atoms with van der Waals surface area (Å²) in [6, 6.07) is 6.23. The maximum absolute atomic E-state index is 13.1. The molecule has 3 aromatic rings. The van der Waals surface area contributed by atoms with Crippen molar-refractivity contribution in [1.29, 1.82) is 0 Å². The molecular formula is C19H19F3N4O. The largest absolute Gasteiger partial charge is 0.508 e. The number of anilines is 2. The molecule has 4 N–H and O–H groups in total. The fourth-order valence-electron chi connectivity index (χ4n) is 2.87. The lowest BCUT2D eigenvalue weighted by molar-refractivity contribution is -0.137. The van der Waals surface area contributed by atoms with E-state index in [1.165, 1.54) is 6.07 Å². The van der Waals surface area contributed by atoms with E-state index in [-0.39, 0.29) is 11.4 Å². The molecule has 0 saturated carbocycles. The zero-order valence-corrected chi connectivity index (χ0v) is 15.0. The van der Waals surface area contributed by atoms with Crippen molar-refractivity contribution >= 4 is 22.4 Å². The first-order valence-electron chi connectivity index (χ1n) is 8.27. The summed E-state index contributed by atoms with van der Waals surface area (Å²) in [6.45, 7) is 5.19. The minimum absolute atomic E-state index is 0.0328. The second kappa shape index (κ2) is 6.61. The average Bonchev–Trinajstić information content (AvgIpc) is 2.55. The van der Waals surface area contributed by atoms with Crippen LogP contribution in [0.15, 0.2) is 30.3 Å². The Hall–Kier alpha value is -3.03. The third-order valence-electron chi connectivity index (χ3n) is 4.28. The van der Waals surface area contributed by atoms with Gasteiger partial charge in [-0.3, -0.25) is 0 Å². The summed E-state index contributed by atoms with van der Waals surface area (Å²) in [5.41, 5.74) is 6.57. The normalized spacial score (nSPS) is 13.0. The molecule has 0 spiro atoms. The van der Waals surface area contributed by atoms with Gasteiger partial charge in [-0.1, -0.05) is 0 Å². The highest BCUT2D eigenvalue weighted by Gasteiger charge is 2.31. The molecule has 8 heteroatoms. The summed E-state index contributed by atoms with van der Waals surface area (Å²) < 4.78 is 39.2. The van der Waals surface area contributed by atoms with E-state index in [9.17, 15) is 18.3 Å². The lowest BCUT2D eigenvalue weighted by Crippen LogP contribution is -2.12. The van der Waals surface area contributed by atoms with Crippen molar-refractivity contribution < 1.29 is 18.3 Å². The number of aromatic hydroxyl groups is 1. The first-order chi connectivity index (χ1) is 12.5. The van der Waals surface area contributed by atoms with Crippen molar-refractivity contribution in [1.82, 2.24) is 9.97 Å². The van der Waals surface area contributed by atoms with E-state index in [1.807, 2.05) is 0 Å². The van der Waals surface area contributed by atoms with E-state index in [4.69, 9.17) is 5.73 Å². The number of fused-ring (bicyclic) bond motifs is 1. The van der Waals surface area contributed by atoms with Crippen LogP contribution in [0.25, 0.3) is 10.9 Å². The number of alkyl halides is 3. The van der Waals surface area contributed by atoms with Crippen LogP contribution in [0.4, 0.5) is 24.7 Å². The Labute approximate surface area is 154 Å². The van der Waals surface area contributed by atoms with Crippen LogP contribution >= 0.6 is 0 Å². The van der Waals surface area contributed by atoms with Gasteiger partial charge in [0.1, 0.15) is 17.4 Å². The monoisotopic (exact) mass is 376 g/mol. The molecular weight excluding hydrogens is 357 g/mol. The number of hydrogen-bond acceptors (Lipinski definition) is 5. The van der Waals surface area contributed by atoms with Crippen LogP contribution in [-0.4, -0.2) is 15.1 Å². The second-order valence-electron chi connectivity index (χ2n) is 6.53. The summed E-state index contributed by atoms with van der Waals surface area (Å²) in [6.07, 6.45) is -4.48. The van der Waals surface area contributed by atoms with Crippen molar-refractivity contribution in [2.75, 3.05) is 11.1 Å². The van der Waals surface area contributed by atoms with Gasteiger partial charge in [0.2, 0.25) is 0 Å². The number of halogens is 3. The standard InChI is InChI=1S/C19H19F3N4O/c1-9-4-16-15(8-17(9)27)18(26-11(3)25-16)24-10(2)12-5-13(19(20,21)22)7-14(23)6-12/h4-8,10,27H,23H2,1-3H3,(H,24,25,26)/t10-/m1/s1. The Kier molecular flexibility index (Phi) is 4.59. The van der Waals surface area contributed by atoms with E-state index < -0.39 is 17.8 Å². The van der Waals surface area contributed by atoms with Crippen LogP contribution in [0, 0.1) is 13.8 Å². The van der Waals surface area contributed by atoms with Crippen LogP contribution in [-0.2, 0) is 6.18 Å². The Morgan fingerprint density at radius 3 is 2.44 bits per heavy atom. The van der Waals surface area contributed by atoms with E-state index in [2.05, 4.69) is 15.3 Å². The van der Waals surface area contributed by atoms with Crippen molar-refractivity contribution in [3.63, 3.8) is 0 Å². The number of hydrogen-bond donors (Lipinski definition) is 3. The number of aromatic nitrogens is 2. The first kappa shape index (κ1) is 18.8.